The molecule has 0 aromatic heterocycles. The van der Waals surface area contributed by atoms with Gasteiger partial charge in [0.05, 0.1) is 0 Å². The van der Waals surface area contributed by atoms with Crippen LogP contribution in [0.1, 0.15) is 23.5 Å². The number of rotatable bonds is 2. The number of likely N-dealkylation sites (tertiary alicyclic amines) is 1. The summed E-state index contributed by atoms with van der Waals surface area (Å²) in [5.74, 6) is -0.829. The van der Waals surface area contributed by atoms with Crippen LogP contribution in [0.15, 0.2) is 30.4 Å². The number of benzene rings is 1. The van der Waals surface area contributed by atoms with Gasteiger partial charge in [-0.05, 0) is 43.5 Å². The van der Waals surface area contributed by atoms with Crippen LogP contribution in [0.4, 0.5) is 5.69 Å². The predicted octanol–water partition coefficient (Wildman–Crippen LogP) is 1.81. The molecule has 4 rings (SSSR count). The predicted molar refractivity (Wildman–Crippen MR) is 95.1 cm³/mol. The van der Waals surface area contributed by atoms with Crippen LogP contribution in [0.25, 0.3) is 0 Å². The van der Waals surface area contributed by atoms with E-state index in [2.05, 4.69) is 35.0 Å². The molecule has 3 heterocycles. The summed E-state index contributed by atoms with van der Waals surface area (Å²) in [6, 6.07) is 6.98. The molecule has 1 aromatic carbocycles. The van der Waals surface area contributed by atoms with Gasteiger partial charge in [-0.2, -0.15) is 0 Å². The van der Waals surface area contributed by atoms with Gasteiger partial charge in [-0.25, -0.2) is 9.59 Å². The minimum Gasteiger partial charge on any atom is -0.478 e. The minimum absolute atomic E-state index is 0.558. The van der Waals surface area contributed by atoms with Crippen molar-refractivity contribution in [3.63, 3.8) is 0 Å². The molecule has 0 spiro atoms. The molecule has 0 amide bonds. The number of anilines is 1. The van der Waals surface area contributed by atoms with Crippen LogP contribution >= 0.6 is 0 Å². The summed E-state index contributed by atoms with van der Waals surface area (Å²) in [6.07, 6.45) is 3.75. The molecule has 0 radical (unpaired) electrons. The Morgan fingerprint density at radius 1 is 1.12 bits per heavy atom. The van der Waals surface area contributed by atoms with E-state index >= 15 is 0 Å². The van der Waals surface area contributed by atoms with Crippen LogP contribution in [-0.4, -0.2) is 60.3 Å². The van der Waals surface area contributed by atoms with E-state index in [1.54, 1.807) is 16.8 Å². The number of carbonyl (C=O) groups is 2. The molecular formula is C19H24N2O4. The molecule has 1 saturated heterocycles. The molecule has 2 atom stereocenters. The standard InChI is InChI=1S/C15H20N2.C4H4O4/c1-16-7-5-12-9-17-8-6-11-3-2-4-13(15(11)17)14(12)10-16;5-3(6)1-2-4(7)8/h2-4,12,14H,5-10H2,1H3;1-2H,(H,5,6)(H,7,8)/b;2-1-/t12-,14-;/m1./s1. The molecule has 6 heteroatoms. The van der Waals surface area contributed by atoms with Gasteiger partial charge in [0, 0.05) is 43.4 Å². The molecule has 25 heavy (non-hydrogen) atoms. The second-order valence-corrected chi connectivity index (χ2v) is 6.98. The van der Waals surface area contributed by atoms with E-state index in [0.29, 0.717) is 12.2 Å². The molecule has 134 valence electrons. The number of likely N-dealkylation sites (N-methyl/N-ethyl adjacent to an activating group) is 1. The first-order valence-electron chi connectivity index (χ1n) is 8.65. The highest BCUT2D eigenvalue weighted by Crippen LogP contribution is 2.46. The first-order chi connectivity index (χ1) is 12.0. The van der Waals surface area contributed by atoms with Crippen molar-refractivity contribution in [3.05, 3.63) is 41.5 Å². The van der Waals surface area contributed by atoms with Gasteiger partial charge in [0.1, 0.15) is 0 Å². The number of hydrogen-bond acceptors (Lipinski definition) is 4. The Labute approximate surface area is 147 Å². The van der Waals surface area contributed by atoms with E-state index in [9.17, 15) is 9.59 Å². The maximum absolute atomic E-state index is 9.55. The zero-order valence-electron chi connectivity index (χ0n) is 14.4. The van der Waals surface area contributed by atoms with E-state index < -0.39 is 11.9 Å². The fourth-order valence-electron chi connectivity index (χ4n) is 4.21. The fraction of sp³-hybridized carbons (Fsp3) is 0.474. The van der Waals surface area contributed by atoms with Gasteiger partial charge in [-0.3, -0.25) is 0 Å². The highest BCUT2D eigenvalue weighted by atomic mass is 16.4. The normalized spacial score (nSPS) is 24.3. The van der Waals surface area contributed by atoms with Crippen molar-refractivity contribution in [2.24, 2.45) is 5.92 Å². The van der Waals surface area contributed by atoms with Crippen LogP contribution in [0, 0.1) is 5.92 Å². The van der Waals surface area contributed by atoms with Crippen LogP contribution in [0.3, 0.4) is 0 Å². The van der Waals surface area contributed by atoms with Crippen molar-refractivity contribution in [2.45, 2.75) is 18.8 Å². The van der Waals surface area contributed by atoms with Gasteiger partial charge in [0.2, 0.25) is 0 Å². The van der Waals surface area contributed by atoms with E-state index in [1.165, 1.54) is 39.0 Å². The molecule has 0 unspecified atom stereocenters. The lowest BCUT2D eigenvalue weighted by atomic mass is 9.77. The van der Waals surface area contributed by atoms with Crippen molar-refractivity contribution in [1.82, 2.24) is 4.90 Å². The first kappa shape index (κ1) is 17.5. The Hall–Kier alpha value is -2.34. The third-order valence-electron chi connectivity index (χ3n) is 5.30. The Kier molecular flexibility index (Phi) is 5.08. The lowest BCUT2D eigenvalue weighted by molar-refractivity contribution is -0.134. The minimum atomic E-state index is -1.26. The molecule has 0 saturated carbocycles. The van der Waals surface area contributed by atoms with Crippen LogP contribution in [0.5, 0.6) is 0 Å². The second-order valence-electron chi connectivity index (χ2n) is 6.98. The topological polar surface area (TPSA) is 81.1 Å². The van der Waals surface area contributed by atoms with Gasteiger partial charge in [0.15, 0.2) is 0 Å². The van der Waals surface area contributed by atoms with E-state index in [0.717, 1.165) is 11.8 Å². The van der Waals surface area contributed by atoms with Gasteiger partial charge in [-0.15, -0.1) is 0 Å². The van der Waals surface area contributed by atoms with E-state index in [4.69, 9.17) is 10.2 Å². The number of hydrogen-bond donors (Lipinski definition) is 2. The number of nitrogens with zero attached hydrogens (tertiary/aromatic N) is 2. The van der Waals surface area contributed by atoms with Crippen molar-refractivity contribution in [3.8, 4) is 0 Å². The molecule has 3 aliphatic rings. The van der Waals surface area contributed by atoms with Crippen molar-refractivity contribution in [2.75, 3.05) is 38.1 Å². The van der Waals surface area contributed by atoms with Gasteiger partial charge < -0.3 is 20.0 Å². The highest BCUT2D eigenvalue weighted by molar-refractivity contribution is 5.89. The first-order valence-corrected chi connectivity index (χ1v) is 8.65. The zero-order valence-corrected chi connectivity index (χ0v) is 14.4. The number of aliphatic carboxylic acids is 2. The van der Waals surface area contributed by atoms with Crippen molar-refractivity contribution < 1.29 is 19.8 Å². The van der Waals surface area contributed by atoms with Crippen molar-refractivity contribution >= 4 is 17.6 Å². The number of para-hydroxylation sites is 1. The number of carboxylic acids is 2. The SMILES string of the molecule is CN1CC[C@@H]2CN3CCc4cccc(c43)[C@@H]2C1.O=C(O)/C=C\C(=O)O. The fourth-order valence-corrected chi connectivity index (χ4v) is 4.21. The van der Waals surface area contributed by atoms with Gasteiger partial charge >= 0.3 is 11.9 Å². The summed E-state index contributed by atoms with van der Waals surface area (Å²) in [7, 11) is 2.27. The average Bonchev–Trinajstić information content (AvgIpc) is 2.99. The lowest BCUT2D eigenvalue weighted by Crippen LogP contribution is -2.45. The monoisotopic (exact) mass is 344 g/mol. The van der Waals surface area contributed by atoms with Gasteiger partial charge in [0.25, 0.3) is 0 Å². The quantitative estimate of drug-likeness (QED) is 0.797. The van der Waals surface area contributed by atoms with Crippen molar-refractivity contribution in [1.29, 1.82) is 0 Å². The Bertz CT molecular complexity index is 685. The van der Waals surface area contributed by atoms with Crippen LogP contribution < -0.4 is 4.90 Å². The number of carboxylic acid groups (broad SMARTS) is 2. The van der Waals surface area contributed by atoms with Gasteiger partial charge in [-0.1, -0.05) is 18.2 Å². The zero-order chi connectivity index (χ0) is 18.0. The summed E-state index contributed by atoms with van der Waals surface area (Å²) in [5.41, 5.74) is 4.83. The summed E-state index contributed by atoms with van der Waals surface area (Å²) < 4.78 is 0. The molecule has 3 aliphatic heterocycles. The maximum Gasteiger partial charge on any atom is 0.328 e. The summed E-state index contributed by atoms with van der Waals surface area (Å²) in [4.78, 5) is 24.3. The largest absolute Gasteiger partial charge is 0.478 e. The Morgan fingerprint density at radius 2 is 1.84 bits per heavy atom. The molecule has 1 aromatic rings. The second kappa shape index (κ2) is 7.27. The van der Waals surface area contributed by atoms with Crippen LogP contribution in [-0.2, 0) is 16.0 Å². The van der Waals surface area contributed by atoms with Crippen LogP contribution in [0.2, 0.25) is 0 Å². The smallest absolute Gasteiger partial charge is 0.328 e. The molecule has 6 nitrogen and oxygen atoms in total. The molecule has 0 bridgehead atoms. The highest BCUT2D eigenvalue weighted by Gasteiger charge is 2.39. The molecule has 2 N–H and O–H groups in total. The summed E-state index contributed by atoms with van der Waals surface area (Å²) in [5, 5.41) is 15.6. The molecule has 1 fully saturated rings. The number of piperidine rings is 1. The van der Waals surface area contributed by atoms with E-state index in [1.807, 2.05) is 0 Å². The third-order valence-corrected chi connectivity index (χ3v) is 5.30. The Balaban J connectivity index is 0.000000197. The van der Waals surface area contributed by atoms with E-state index in [-0.39, 0.29) is 0 Å². The lowest BCUT2D eigenvalue weighted by Gasteiger charge is -2.44. The Morgan fingerprint density at radius 3 is 2.52 bits per heavy atom. The average molecular weight is 344 g/mol. The summed E-state index contributed by atoms with van der Waals surface area (Å²) in [6.45, 7) is 5.10. The molecule has 0 aliphatic carbocycles. The molecular weight excluding hydrogens is 320 g/mol. The number of fused-ring (bicyclic) bond motifs is 2. The maximum atomic E-state index is 9.55. The summed E-state index contributed by atoms with van der Waals surface area (Å²) >= 11 is 0. The third kappa shape index (κ3) is 3.85.